The predicted molar refractivity (Wildman–Crippen MR) is 272 cm³/mol. The van der Waals surface area contributed by atoms with Crippen molar-refractivity contribution >= 4 is 12.6 Å². The normalized spacial score (nSPS) is 17.3. The smallest absolute Gasteiger partial charge is 0.157 e. The summed E-state index contributed by atoms with van der Waals surface area (Å²) in [5, 5.41) is 0. The van der Waals surface area contributed by atoms with Crippen molar-refractivity contribution in [3.8, 4) is 0 Å². The molecule has 0 saturated heterocycles. The summed E-state index contributed by atoms with van der Waals surface area (Å²) >= 11 is 0. The molecule has 0 amide bonds. The lowest BCUT2D eigenvalue weighted by Gasteiger charge is -2.20. The van der Waals surface area contributed by atoms with Crippen LogP contribution in [0.1, 0.15) is 174 Å². The first-order chi connectivity index (χ1) is 31.4. The molecule has 4 aromatic rings. The van der Waals surface area contributed by atoms with Gasteiger partial charge in [-0.15, -0.1) is 0 Å². The van der Waals surface area contributed by atoms with Crippen molar-refractivity contribution < 1.29 is 28.5 Å². The molecule has 0 aromatic heterocycles. The van der Waals surface area contributed by atoms with Crippen molar-refractivity contribution in [1.82, 2.24) is 0 Å². The van der Waals surface area contributed by atoms with E-state index in [1.165, 1.54) is 118 Å². The van der Waals surface area contributed by atoms with E-state index in [9.17, 15) is 9.59 Å². The van der Waals surface area contributed by atoms with Crippen LogP contribution in [0.3, 0.4) is 0 Å². The van der Waals surface area contributed by atoms with Crippen LogP contribution < -0.4 is 0 Å². The summed E-state index contributed by atoms with van der Waals surface area (Å²) in [5.41, 5.74) is 18.9. The van der Waals surface area contributed by atoms with Gasteiger partial charge in [-0.3, -0.25) is 0 Å². The molecule has 0 fully saturated rings. The Hall–Kier alpha value is -3.94. The van der Waals surface area contributed by atoms with Crippen LogP contribution in [0, 0.1) is 0 Å². The van der Waals surface area contributed by atoms with Gasteiger partial charge >= 0.3 is 0 Å². The molecular formula is C60H84O6. The Morgan fingerprint density at radius 2 is 0.712 bits per heavy atom. The van der Waals surface area contributed by atoms with Crippen molar-refractivity contribution in [2.75, 3.05) is 28.4 Å². The topological polar surface area (TPSA) is 71.1 Å². The zero-order valence-corrected chi connectivity index (χ0v) is 43.0. The molecule has 360 valence electrons. The van der Waals surface area contributed by atoms with Gasteiger partial charge in [0.1, 0.15) is 12.6 Å². The molecule has 8 rings (SSSR count). The molecule has 0 heterocycles. The highest BCUT2D eigenvalue weighted by molar-refractivity contribution is 5.51. The fraction of sp³-hybridized carbons (Fsp3) is 0.567. The summed E-state index contributed by atoms with van der Waals surface area (Å²) in [6.45, 7) is 18.6. The van der Waals surface area contributed by atoms with Gasteiger partial charge < -0.3 is 28.5 Å². The Balaban J connectivity index is 0.000000166. The highest BCUT2D eigenvalue weighted by Crippen LogP contribution is 2.41. The molecule has 6 nitrogen and oxygen atoms in total. The van der Waals surface area contributed by atoms with Crippen molar-refractivity contribution in [3.05, 3.63) is 140 Å². The van der Waals surface area contributed by atoms with Gasteiger partial charge in [0.2, 0.25) is 0 Å². The zero-order valence-electron chi connectivity index (χ0n) is 43.0. The number of ether oxygens (including phenoxy) is 4. The first kappa shape index (κ1) is 53.0. The molecule has 4 aliphatic rings. The molecule has 4 aromatic carbocycles. The third kappa shape index (κ3) is 14.1. The Morgan fingerprint density at radius 1 is 0.409 bits per heavy atom. The SMILES string of the molecule is CC1(C)CCc2cc(CCC=O)ccc21.CC1(C)CCc2ccc(CCC=O)cc21.COC(CCc1ccc2c(c1)C(C)(C)CC2)OC.COC(CCc1ccc2c(c1)CCC2(C)C)OC. The van der Waals surface area contributed by atoms with Gasteiger partial charge in [0.25, 0.3) is 0 Å². The summed E-state index contributed by atoms with van der Waals surface area (Å²) in [4.78, 5) is 20.7. The highest BCUT2D eigenvalue weighted by Gasteiger charge is 2.32. The predicted octanol–water partition coefficient (Wildman–Crippen LogP) is 13.0. The molecule has 0 N–H and O–H groups in total. The van der Waals surface area contributed by atoms with E-state index in [1.54, 1.807) is 28.4 Å². The number of hydrogen-bond acceptors (Lipinski definition) is 6. The lowest BCUT2D eigenvalue weighted by molar-refractivity contribution is -0.108. The van der Waals surface area contributed by atoms with Gasteiger partial charge in [-0.1, -0.05) is 128 Å². The Morgan fingerprint density at radius 3 is 1.08 bits per heavy atom. The molecule has 0 atom stereocenters. The minimum absolute atomic E-state index is 0.0882. The van der Waals surface area contributed by atoms with Crippen molar-refractivity contribution in [2.45, 2.75) is 192 Å². The average Bonchev–Trinajstić information content (AvgIpc) is 4.00. The largest absolute Gasteiger partial charge is 0.356 e. The van der Waals surface area contributed by atoms with E-state index < -0.39 is 0 Å². The molecule has 66 heavy (non-hydrogen) atoms. The highest BCUT2D eigenvalue weighted by atomic mass is 16.7. The van der Waals surface area contributed by atoms with Crippen LogP contribution in [-0.2, 0) is 102 Å². The number of aryl methyl sites for hydroxylation is 8. The molecular weight excluding hydrogens is 817 g/mol. The van der Waals surface area contributed by atoms with Gasteiger partial charge in [-0.05, 0) is 165 Å². The van der Waals surface area contributed by atoms with E-state index in [2.05, 4.69) is 128 Å². The second-order valence-corrected chi connectivity index (χ2v) is 21.8. The molecule has 0 unspecified atom stereocenters. The van der Waals surface area contributed by atoms with Crippen molar-refractivity contribution in [2.24, 2.45) is 0 Å². The Kier molecular flexibility index (Phi) is 19.2. The summed E-state index contributed by atoms with van der Waals surface area (Å²) < 4.78 is 20.9. The van der Waals surface area contributed by atoms with Gasteiger partial charge in [-0.25, -0.2) is 0 Å². The number of fused-ring (bicyclic) bond motifs is 4. The second kappa shape index (κ2) is 23.9. The third-order valence-electron chi connectivity index (χ3n) is 15.2. The molecule has 0 bridgehead atoms. The minimum atomic E-state index is -0.0914. The fourth-order valence-corrected chi connectivity index (χ4v) is 10.6. The average molecular weight is 901 g/mol. The number of aldehydes is 2. The third-order valence-corrected chi connectivity index (χ3v) is 15.2. The molecule has 6 heteroatoms. The lowest BCUT2D eigenvalue weighted by atomic mass is 9.85. The summed E-state index contributed by atoms with van der Waals surface area (Å²) in [5.74, 6) is 0. The number of methoxy groups -OCH3 is 4. The molecule has 4 aliphatic carbocycles. The molecule has 0 aliphatic heterocycles. The van der Waals surface area contributed by atoms with Gasteiger partial charge in [0.05, 0.1) is 0 Å². The standard InChI is InChI=1S/2C16H24O2.2C14H18O/c1-16(2)10-9-13-11-12(5-7-14(13)16)6-8-15(17-3)18-4;1-16(2)10-9-13-7-5-12(11-14(13)16)6-8-15(17-3)18-4;1-14(2)8-7-12-10-11(4-3-9-15)5-6-13(12)14;1-14(2)8-7-12-6-5-11(4-3-9-15)10-13(12)14/h2*5,7,11,15H,6,8-10H2,1-4H3;2*5-6,9-10H,3-4,7-8H2,1-2H3. The monoisotopic (exact) mass is 901 g/mol. The van der Waals surface area contributed by atoms with E-state index in [0.717, 1.165) is 51.1 Å². The zero-order chi connectivity index (χ0) is 48.1. The van der Waals surface area contributed by atoms with Crippen LogP contribution in [0.15, 0.2) is 72.8 Å². The summed E-state index contributed by atoms with van der Waals surface area (Å²) in [7, 11) is 6.78. The second-order valence-electron chi connectivity index (χ2n) is 21.8. The van der Waals surface area contributed by atoms with E-state index in [-0.39, 0.29) is 12.6 Å². The van der Waals surface area contributed by atoms with Crippen LogP contribution in [0.5, 0.6) is 0 Å². The van der Waals surface area contributed by atoms with Gasteiger partial charge in [0.15, 0.2) is 12.6 Å². The van der Waals surface area contributed by atoms with E-state index in [4.69, 9.17) is 18.9 Å². The van der Waals surface area contributed by atoms with Crippen LogP contribution >= 0.6 is 0 Å². The van der Waals surface area contributed by atoms with Gasteiger partial charge in [-0.2, -0.15) is 0 Å². The Labute approximate surface area is 400 Å². The van der Waals surface area contributed by atoms with Crippen LogP contribution in [0.4, 0.5) is 0 Å². The minimum Gasteiger partial charge on any atom is -0.356 e. The van der Waals surface area contributed by atoms with Crippen LogP contribution in [0.2, 0.25) is 0 Å². The van der Waals surface area contributed by atoms with Crippen molar-refractivity contribution in [1.29, 1.82) is 0 Å². The Bertz CT molecular complexity index is 2190. The first-order valence-electron chi connectivity index (χ1n) is 24.9. The number of carbonyl (C=O) groups excluding carboxylic acids is 2. The van der Waals surface area contributed by atoms with Crippen molar-refractivity contribution in [3.63, 3.8) is 0 Å². The number of hydrogen-bond donors (Lipinski definition) is 0. The molecule has 0 spiro atoms. The van der Waals surface area contributed by atoms with E-state index in [1.807, 2.05) is 0 Å². The first-order valence-corrected chi connectivity index (χ1v) is 24.9. The lowest BCUT2D eigenvalue weighted by Crippen LogP contribution is -2.14. The van der Waals surface area contributed by atoms with Gasteiger partial charge in [0, 0.05) is 54.1 Å². The maximum Gasteiger partial charge on any atom is 0.157 e. The van der Waals surface area contributed by atoms with Crippen LogP contribution in [0.25, 0.3) is 0 Å². The number of rotatable bonds is 16. The number of carbonyl (C=O) groups is 2. The molecule has 0 radical (unpaired) electrons. The maximum absolute atomic E-state index is 10.3. The van der Waals surface area contributed by atoms with Crippen LogP contribution in [-0.4, -0.2) is 53.6 Å². The fourth-order valence-electron chi connectivity index (χ4n) is 10.6. The molecule has 0 saturated carbocycles. The quantitative estimate of drug-likeness (QED) is 0.0824. The maximum atomic E-state index is 10.3. The number of benzene rings is 4. The van der Waals surface area contributed by atoms with E-state index in [0.29, 0.717) is 34.5 Å². The summed E-state index contributed by atoms with van der Waals surface area (Å²) in [6.07, 6.45) is 18.6. The summed E-state index contributed by atoms with van der Waals surface area (Å²) in [6, 6.07) is 27.3. The van der Waals surface area contributed by atoms with E-state index >= 15 is 0 Å².